The summed E-state index contributed by atoms with van der Waals surface area (Å²) in [5, 5.41) is 3.37. The van der Waals surface area contributed by atoms with E-state index in [0.717, 1.165) is 31.9 Å². The van der Waals surface area contributed by atoms with Gasteiger partial charge >= 0.3 is 0 Å². The lowest BCUT2D eigenvalue weighted by atomic mass is 10.1. The molecule has 1 atom stereocenters. The average molecular weight is 264 g/mol. The summed E-state index contributed by atoms with van der Waals surface area (Å²) in [6.07, 6.45) is 0.119. The lowest BCUT2D eigenvalue weighted by Crippen LogP contribution is -2.43. The maximum atomic E-state index is 5.73. The molecule has 2 rings (SSSR count). The van der Waals surface area contributed by atoms with Crippen molar-refractivity contribution in [3.8, 4) is 5.75 Å². The monoisotopic (exact) mass is 264 g/mol. The third-order valence-corrected chi connectivity index (χ3v) is 3.51. The van der Waals surface area contributed by atoms with Gasteiger partial charge < -0.3 is 19.7 Å². The van der Waals surface area contributed by atoms with Crippen molar-refractivity contribution in [3.63, 3.8) is 0 Å². The van der Waals surface area contributed by atoms with Crippen LogP contribution >= 0.6 is 0 Å². The first kappa shape index (κ1) is 14.2. The van der Waals surface area contributed by atoms with Crippen LogP contribution in [0.15, 0.2) is 18.2 Å². The zero-order valence-corrected chi connectivity index (χ0v) is 12.1. The molecule has 1 aliphatic heterocycles. The van der Waals surface area contributed by atoms with Gasteiger partial charge in [0, 0.05) is 39.0 Å². The van der Waals surface area contributed by atoms with E-state index in [1.54, 1.807) is 7.11 Å². The number of nitrogens with zero attached hydrogens (tertiary/aromatic N) is 1. The van der Waals surface area contributed by atoms with Crippen LogP contribution in [0, 0.1) is 6.92 Å². The summed E-state index contributed by atoms with van der Waals surface area (Å²) in [5.74, 6) is 0.917. The van der Waals surface area contributed by atoms with Crippen LogP contribution in [0.2, 0.25) is 0 Å². The van der Waals surface area contributed by atoms with Crippen molar-refractivity contribution >= 4 is 5.69 Å². The topological polar surface area (TPSA) is 33.7 Å². The Morgan fingerprint density at radius 3 is 2.68 bits per heavy atom. The molecule has 1 heterocycles. The van der Waals surface area contributed by atoms with Gasteiger partial charge in [-0.25, -0.2) is 0 Å². The zero-order chi connectivity index (χ0) is 13.7. The SMILES string of the molecule is COC(C)COc1ccc(N2CCNCC2)c(C)c1. The molecule has 4 nitrogen and oxygen atoms in total. The summed E-state index contributed by atoms with van der Waals surface area (Å²) in [4.78, 5) is 2.42. The second kappa shape index (κ2) is 6.78. The number of piperazine rings is 1. The first-order chi connectivity index (χ1) is 9.20. The Hall–Kier alpha value is -1.26. The van der Waals surface area contributed by atoms with E-state index in [0.29, 0.717) is 6.61 Å². The molecule has 1 aliphatic rings. The third kappa shape index (κ3) is 3.85. The summed E-state index contributed by atoms with van der Waals surface area (Å²) in [7, 11) is 1.70. The van der Waals surface area contributed by atoms with Crippen LogP contribution in [0.3, 0.4) is 0 Å². The minimum absolute atomic E-state index is 0.119. The van der Waals surface area contributed by atoms with Gasteiger partial charge in [-0.2, -0.15) is 0 Å². The highest BCUT2D eigenvalue weighted by Crippen LogP contribution is 2.25. The molecule has 4 heteroatoms. The van der Waals surface area contributed by atoms with E-state index in [-0.39, 0.29) is 6.10 Å². The number of aryl methyl sites for hydroxylation is 1. The van der Waals surface area contributed by atoms with Crippen LogP contribution in [-0.4, -0.2) is 46.0 Å². The van der Waals surface area contributed by atoms with Gasteiger partial charge in [0.15, 0.2) is 0 Å². The number of rotatable bonds is 5. The number of ether oxygens (including phenoxy) is 2. The van der Waals surface area contributed by atoms with Crippen molar-refractivity contribution in [1.82, 2.24) is 5.32 Å². The normalized spacial score (nSPS) is 17.3. The van der Waals surface area contributed by atoms with Crippen LogP contribution in [-0.2, 0) is 4.74 Å². The van der Waals surface area contributed by atoms with Gasteiger partial charge in [0.1, 0.15) is 12.4 Å². The zero-order valence-electron chi connectivity index (χ0n) is 12.1. The molecule has 0 spiro atoms. The molecule has 1 fully saturated rings. The summed E-state index contributed by atoms with van der Waals surface area (Å²) in [6.45, 7) is 8.99. The van der Waals surface area contributed by atoms with Crippen LogP contribution in [0.5, 0.6) is 5.75 Å². The number of anilines is 1. The van der Waals surface area contributed by atoms with Gasteiger partial charge in [0.2, 0.25) is 0 Å². The largest absolute Gasteiger partial charge is 0.491 e. The molecule has 1 unspecified atom stereocenters. The molecule has 106 valence electrons. The Balaban J connectivity index is 2.00. The van der Waals surface area contributed by atoms with Crippen LogP contribution in [0.4, 0.5) is 5.69 Å². The van der Waals surface area contributed by atoms with E-state index in [2.05, 4.69) is 29.3 Å². The fraction of sp³-hybridized carbons (Fsp3) is 0.600. The van der Waals surface area contributed by atoms with E-state index < -0.39 is 0 Å². The molecule has 0 bridgehead atoms. The van der Waals surface area contributed by atoms with Crippen LogP contribution in [0.1, 0.15) is 12.5 Å². The fourth-order valence-corrected chi connectivity index (χ4v) is 2.26. The highest BCUT2D eigenvalue weighted by atomic mass is 16.5. The molecular formula is C15H24N2O2. The second-order valence-electron chi connectivity index (χ2n) is 5.04. The van der Waals surface area contributed by atoms with E-state index in [1.807, 2.05) is 13.0 Å². The number of hydrogen-bond acceptors (Lipinski definition) is 4. The third-order valence-electron chi connectivity index (χ3n) is 3.51. The summed E-state index contributed by atoms with van der Waals surface area (Å²) in [5.41, 5.74) is 2.58. The van der Waals surface area contributed by atoms with E-state index in [1.165, 1.54) is 11.3 Å². The van der Waals surface area contributed by atoms with E-state index >= 15 is 0 Å². The van der Waals surface area contributed by atoms with E-state index in [4.69, 9.17) is 9.47 Å². The average Bonchev–Trinajstić information content (AvgIpc) is 2.45. The van der Waals surface area contributed by atoms with E-state index in [9.17, 15) is 0 Å². The quantitative estimate of drug-likeness (QED) is 0.879. The van der Waals surface area contributed by atoms with Crippen molar-refractivity contribution in [2.24, 2.45) is 0 Å². The first-order valence-corrected chi connectivity index (χ1v) is 6.92. The predicted molar refractivity (Wildman–Crippen MR) is 78.2 cm³/mol. The number of methoxy groups -OCH3 is 1. The summed E-state index contributed by atoms with van der Waals surface area (Å²) >= 11 is 0. The van der Waals surface area contributed by atoms with Crippen molar-refractivity contribution in [1.29, 1.82) is 0 Å². The van der Waals surface area contributed by atoms with Crippen molar-refractivity contribution < 1.29 is 9.47 Å². The predicted octanol–water partition coefficient (Wildman–Crippen LogP) is 1.82. The highest BCUT2D eigenvalue weighted by Gasteiger charge is 2.13. The fourth-order valence-electron chi connectivity index (χ4n) is 2.26. The Bertz CT molecular complexity index is 403. The van der Waals surface area contributed by atoms with Gasteiger partial charge in [-0.15, -0.1) is 0 Å². The lowest BCUT2D eigenvalue weighted by Gasteiger charge is -2.30. The van der Waals surface area contributed by atoms with Gasteiger partial charge in [0.25, 0.3) is 0 Å². The van der Waals surface area contributed by atoms with Gasteiger partial charge in [-0.3, -0.25) is 0 Å². The molecule has 0 saturated carbocycles. The Morgan fingerprint density at radius 2 is 2.05 bits per heavy atom. The maximum Gasteiger partial charge on any atom is 0.119 e. The molecular weight excluding hydrogens is 240 g/mol. The second-order valence-corrected chi connectivity index (χ2v) is 5.04. The molecule has 0 aromatic heterocycles. The van der Waals surface area contributed by atoms with Crippen LogP contribution in [0.25, 0.3) is 0 Å². The molecule has 0 aliphatic carbocycles. The van der Waals surface area contributed by atoms with Crippen molar-refractivity contribution in [2.75, 3.05) is 44.8 Å². The number of nitrogens with one attached hydrogen (secondary N) is 1. The molecule has 1 aromatic carbocycles. The number of hydrogen-bond donors (Lipinski definition) is 1. The van der Waals surface area contributed by atoms with Gasteiger partial charge in [0.05, 0.1) is 6.10 Å². The molecule has 1 aromatic rings. The molecule has 1 saturated heterocycles. The first-order valence-electron chi connectivity index (χ1n) is 6.92. The minimum Gasteiger partial charge on any atom is -0.491 e. The molecule has 0 radical (unpaired) electrons. The number of benzene rings is 1. The Kier molecular flexibility index (Phi) is 5.05. The minimum atomic E-state index is 0.119. The summed E-state index contributed by atoms with van der Waals surface area (Å²) in [6, 6.07) is 6.32. The standard InChI is InChI=1S/C15H24N2O2/c1-12-10-14(19-11-13(2)18-3)4-5-15(12)17-8-6-16-7-9-17/h4-5,10,13,16H,6-9,11H2,1-3H3. The van der Waals surface area contributed by atoms with Crippen LogP contribution < -0.4 is 15.0 Å². The highest BCUT2D eigenvalue weighted by molar-refractivity contribution is 5.56. The Morgan fingerprint density at radius 1 is 1.32 bits per heavy atom. The molecule has 0 amide bonds. The maximum absolute atomic E-state index is 5.73. The van der Waals surface area contributed by atoms with Gasteiger partial charge in [-0.05, 0) is 37.6 Å². The van der Waals surface area contributed by atoms with Gasteiger partial charge in [-0.1, -0.05) is 0 Å². The molecule has 19 heavy (non-hydrogen) atoms. The summed E-state index contributed by atoms with van der Waals surface area (Å²) < 4.78 is 10.9. The van der Waals surface area contributed by atoms with Crippen molar-refractivity contribution in [2.45, 2.75) is 20.0 Å². The smallest absolute Gasteiger partial charge is 0.119 e. The lowest BCUT2D eigenvalue weighted by molar-refractivity contribution is 0.0716. The van der Waals surface area contributed by atoms with Crippen molar-refractivity contribution in [3.05, 3.63) is 23.8 Å². The molecule has 1 N–H and O–H groups in total. The Labute approximate surface area is 115 Å².